The quantitative estimate of drug-likeness (QED) is 0.305. The Morgan fingerprint density at radius 2 is 1.55 bits per heavy atom. The number of hydrogen-bond donors (Lipinski definition) is 0. The lowest BCUT2D eigenvalue weighted by molar-refractivity contribution is 0.291. The molecule has 0 amide bonds. The fourth-order valence-corrected chi connectivity index (χ4v) is 4.01. The molecule has 154 valence electrons. The number of fused-ring (bicyclic) bond motifs is 2. The van der Waals surface area contributed by atoms with Crippen LogP contribution in [0.25, 0.3) is 21.8 Å². The summed E-state index contributed by atoms with van der Waals surface area (Å²) >= 11 is 0. The van der Waals surface area contributed by atoms with Gasteiger partial charge in [-0.05, 0) is 52.1 Å². The molecule has 0 radical (unpaired) electrons. The molecule has 0 saturated carbocycles. The molecule has 31 heavy (non-hydrogen) atoms. The molecule has 3 nitrogen and oxygen atoms in total. The van der Waals surface area contributed by atoms with Gasteiger partial charge in [0.1, 0.15) is 18.2 Å². The second-order valence-electron chi connectivity index (χ2n) is 8.30. The monoisotopic (exact) mass is 406 g/mol. The van der Waals surface area contributed by atoms with Crippen LogP contribution < -0.4 is 4.74 Å². The van der Waals surface area contributed by atoms with Gasteiger partial charge in [0.15, 0.2) is 0 Å². The first kappa shape index (κ1) is 19.4. The van der Waals surface area contributed by atoms with Crippen LogP contribution >= 0.6 is 0 Å². The molecule has 1 aromatic heterocycles. The Hall–Kier alpha value is -3.59. The Kier molecular flexibility index (Phi) is 5.17. The number of ether oxygens (including phenoxy) is 1. The van der Waals surface area contributed by atoms with Crippen LogP contribution in [0.4, 0.5) is 0 Å². The van der Waals surface area contributed by atoms with Crippen molar-refractivity contribution in [2.75, 3.05) is 0 Å². The summed E-state index contributed by atoms with van der Waals surface area (Å²) < 4.78 is 8.44. The van der Waals surface area contributed by atoms with Gasteiger partial charge >= 0.3 is 0 Å². The predicted molar refractivity (Wildman–Crippen MR) is 128 cm³/mol. The third-order valence-electron chi connectivity index (χ3n) is 5.81. The van der Waals surface area contributed by atoms with E-state index in [9.17, 15) is 0 Å². The van der Waals surface area contributed by atoms with Gasteiger partial charge in [0.05, 0.1) is 11.0 Å². The Bertz CT molecular complexity index is 1330. The molecule has 0 aliphatic rings. The molecule has 0 bridgehead atoms. The first-order chi connectivity index (χ1) is 15.2. The normalized spacial score (nSPS) is 11.5. The van der Waals surface area contributed by atoms with E-state index in [1.54, 1.807) is 0 Å². The minimum absolute atomic E-state index is 0.428. The van der Waals surface area contributed by atoms with Crippen molar-refractivity contribution < 1.29 is 4.74 Å². The molecule has 0 N–H and O–H groups in total. The second-order valence-corrected chi connectivity index (χ2v) is 8.30. The van der Waals surface area contributed by atoms with Gasteiger partial charge in [-0.3, -0.25) is 0 Å². The van der Waals surface area contributed by atoms with Crippen molar-refractivity contribution in [1.29, 1.82) is 0 Å². The van der Waals surface area contributed by atoms with Gasteiger partial charge in [-0.15, -0.1) is 0 Å². The number of rotatable bonds is 6. The summed E-state index contributed by atoms with van der Waals surface area (Å²) in [5.41, 5.74) is 4.75. The maximum atomic E-state index is 6.18. The van der Waals surface area contributed by atoms with E-state index in [0.717, 1.165) is 29.2 Å². The van der Waals surface area contributed by atoms with Crippen molar-refractivity contribution in [2.24, 2.45) is 0 Å². The van der Waals surface area contributed by atoms with Crippen molar-refractivity contribution in [3.05, 3.63) is 108 Å². The zero-order valence-corrected chi connectivity index (χ0v) is 18.0. The van der Waals surface area contributed by atoms with Gasteiger partial charge in [0.2, 0.25) is 0 Å². The Balaban J connectivity index is 1.43. The molecular formula is C28H26N2O. The van der Waals surface area contributed by atoms with Gasteiger partial charge in [-0.2, -0.15) is 0 Å². The van der Waals surface area contributed by atoms with Crippen LogP contribution in [0, 0.1) is 0 Å². The molecule has 0 spiro atoms. The molecule has 0 unspecified atom stereocenters. The lowest BCUT2D eigenvalue weighted by atomic mass is 10.0. The number of aromatic nitrogens is 2. The summed E-state index contributed by atoms with van der Waals surface area (Å²) in [6.45, 7) is 5.65. The first-order valence-corrected chi connectivity index (χ1v) is 10.8. The molecule has 0 saturated heterocycles. The van der Waals surface area contributed by atoms with Gasteiger partial charge in [0.25, 0.3) is 0 Å². The molecule has 0 atom stereocenters. The van der Waals surface area contributed by atoms with E-state index >= 15 is 0 Å². The van der Waals surface area contributed by atoms with E-state index in [2.05, 4.69) is 97.3 Å². The first-order valence-electron chi connectivity index (χ1n) is 10.8. The SMILES string of the molecule is CC(C)c1ccc(Cn2c(COc3ccc4ccccc4c3)nc3ccccc32)cc1. The predicted octanol–water partition coefficient (Wildman–Crippen LogP) is 6.94. The van der Waals surface area contributed by atoms with Gasteiger partial charge < -0.3 is 9.30 Å². The molecule has 0 aliphatic heterocycles. The van der Waals surface area contributed by atoms with Crippen LogP contribution in [0.5, 0.6) is 5.75 Å². The Labute approximate surface area is 182 Å². The van der Waals surface area contributed by atoms with Gasteiger partial charge in [0, 0.05) is 6.54 Å². The summed E-state index contributed by atoms with van der Waals surface area (Å²) in [4.78, 5) is 4.87. The van der Waals surface area contributed by atoms with Gasteiger partial charge in [-0.1, -0.05) is 80.6 Å². The van der Waals surface area contributed by atoms with E-state index in [1.165, 1.54) is 21.9 Å². The minimum Gasteiger partial charge on any atom is -0.486 e. The molecular weight excluding hydrogens is 380 g/mol. The minimum atomic E-state index is 0.428. The molecule has 5 aromatic rings. The van der Waals surface area contributed by atoms with Crippen LogP contribution in [0.2, 0.25) is 0 Å². The lowest BCUT2D eigenvalue weighted by Gasteiger charge is -2.12. The van der Waals surface area contributed by atoms with E-state index in [0.29, 0.717) is 12.5 Å². The molecule has 5 rings (SSSR count). The smallest absolute Gasteiger partial charge is 0.148 e. The van der Waals surface area contributed by atoms with Crippen molar-refractivity contribution >= 4 is 21.8 Å². The summed E-state index contributed by atoms with van der Waals surface area (Å²) in [5, 5.41) is 2.39. The largest absolute Gasteiger partial charge is 0.486 e. The van der Waals surface area contributed by atoms with E-state index in [4.69, 9.17) is 9.72 Å². The van der Waals surface area contributed by atoms with E-state index < -0.39 is 0 Å². The Morgan fingerprint density at radius 1 is 0.806 bits per heavy atom. The van der Waals surface area contributed by atoms with Crippen molar-refractivity contribution in [2.45, 2.75) is 32.9 Å². The highest BCUT2D eigenvalue weighted by atomic mass is 16.5. The molecule has 4 aromatic carbocycles. The Morgan fingerprint density at radius 3 is 2.35 bits per heavy atom. The number of para-hydroxylation sites is 2. The highest BCUT2D eigenvalue weighted by Gasteiger charge is 2.12. The summed E-state index contributed by atoms with van der Waals surface area (Å²) in [6.07, 6.45) is 0. The van der Waals surface area contributed by atoms with Crippen LogP contribution in [-0.2, 0) is 13.2 Å². The molecule has 1 heterocycles. The number of nitrogens with zero attached hydrogens (tertiary/aromatic N) is 2. The summed E-state index contributed by atoms with van der Waals surface area (Å²) in [5.74, 6) is 2.33. The second kappa shape index (κ2) is 8.27. The van der Waals surface area contributed by atoms with Crippen LogP contribution in [0.3, 0.4) is 0 Å². The molecule has 0 aliphatic carbocycles. The average Bonchev–Trinajstić information content (AvgIpc) is 3.15. The van der Waals surface area contributed by atoms with Crippen molar-refractivity contribution in [3.63, 3.8) is 0 Å². The fourth-order valence-electron chi connectivity index (χ4n) is 4.01. The maximum Gasteiger partial charge on any atom is 0.148 e. The highest BCUT2D eigenvalue weighted by Crippen LogP contribution is 2.24. The van der Waals surface area contributed by atoms with Gasteiger partial charge in [-0.25, -0.2) is 4.98 Å². The zero-order valence-electron chi connectivity index (χ0n) is 18.0. The van der Waals surface area contributed by atoms with Crippen molar-refractivity contribution in [1.82, 2.24) is 9.55 Å². The fraction of sp³-hybridized carbons (Fsp3) is 0.179. The molecule has 0 fully saturated rings. The average molecular weight is 407 g/mol. The third-order valence-corrected chi connectivity index (χ3v) is 5.81. The van der Waals surface area contributed by atoms with Crippen LogP contribution in [-0.4, -0.2) is 9.55 Å². The summed E-state index contributed by atoms with van der Waals surface area (Å²) in [7, 11) is 0. The summed E-state index contributed by atoms with van der Waals surface area (Å²) in [6, 6.07) is 31.7. The van der Waals surface area contributed by atoms with E-state index in [1.807, 2.05) is 12.1 Å². The maximum absolute atomic E-state index is 6.18. The van der Waals surface area contributed by atoms with E-state index in [-0.39, 0.29) is 0 Å². The molecule has 3 heteroatoms. The lowest BCUT2D eigenvalue weighted by Crippen LogP contribution is -2.08. The van der Waals surface area contributed by atoms with Crippen LogP contribution in [0.15, 0.2) is 91.0 Å². The third kappa shape index (κ3) is 4.04. The number of imidazole rings is 1. The van der Waals surface area contributed by atoms with Crippen molar-refractivity contribution in [3.8, 4) is 5.75 Å². The van der Waals surface area contributed by atoms with Crippen LogP contribution in [0.1, 0.15) is 36.7 Å². The topological polar surface area (TPSA) is 27.1 Å². The zero-order chi connectivity index (χ0) is 21.2. The highest BCUT2D eigenvalue weighted by molar-refractivity contribution is 5.83. The standard InChI is InChI=1S/C28H26N2O/c1-20(2)22-13-11-21(12-14-22)18-30-27-10-6-5-9-26(27)29-28(30)19-31-25-16-15-23-7-3-4-8-24(23)17-25/h3-17,20H,18-19H2,1-2H3. The number of benzene rings is 4. The number of hydrogen-bond acceptors (Lipinski definition) is 2.